The summed E-state index contributed by atoms with van der Waals surface area (Å²) in [6.45, 7) is 19.5. The summed E-state index contributed by atoms with van der Waals surface area (Å²) in [4.78, 5) is 0. The Kier molecular flexibility index (Phi) is 11.3. The van der Waals surface area contributed by atoms with E-state index in [0.717, 1.165) is 6.42 Å². The first-order chi connectivity index (χ1) is 15.5. The van der Waals surface area contributed by atoms with Crippen LogP contribution in [0.3, 0.4) is 0 Å². The van der Waals surface area contributed by atoms with Gasteiger partial charge in [-0.1, -0.05) is 112 Å². The van der Waals surface area contributed by atoms with Crippen molar-refractivity contribution in [2.75, 3.05) is 0 Å². The SMILES string of the molecule is CCCCc1cc2c(-c3cc([Si](C)(C)C)cc([Si](C)(C)C)c3)c(CCC)ccc2[cH-]1.[Cl][Zr][Cl]. The molecule has 3 aromatic carbocycles. The van der Waals surface area contributed by atoms with Crippen LogP contribution in [-0.2, 0) is 33.7 Å². The number of benzene rings is 2. The molecular formula is C28H41Cl2Si2Zr-. The standard InChI is InChI=1S/C28H41Si2.2ClH.Zr/c1-9-11-13-21-16-23-15-14-22(12-10-2)28(27(23)17-21)24-18-25(29(3,4)5)20-26(19-24)30(6,7)8;;;/h14-20H,9-13H2,1-8H3;2*1H;/q-1;;;+2/p-2. The fraction of sp³-hybridized carbons (Fsp3) is 0.464. The summed E-state index contributed by atoms with van der Waals surface area (Å²) in [7, 11) is 7.07. The average Bonchev–Trinajstić information content (AvgIpc) is 3.14. The molecule has 180 valence electrons. The fourth-order valence-corrected chi connectivity index (χ4v) is 6.87. The molecule has 0 radical (unpaired) electrons. The molecule has 0 N–H and O–H groups in total. The van der Waals surface area contributed by atoms with E-state index in [0.29, 0.717) is 0 Å². The van der Waals surface area contributed by atoms with E-state index in [9.17, 15) is 0 Å². The predicted molar refractivity (Wildman–Crippen MR) is 155 cm³/mol. The summed E-state index contributed by atoms with van der Waals surface area (Å²) in [6, 6.07) is 17.3. The van der Waals surface area contributed by atoms with Crippen molar-refractivity contribution in [3.63, 3.8) is 0 Å². The Morgan fingerprint density at radius 3 is 1.85 bits per heavy atom. The maximum atomic E-state index is 4.93. The third-order valence-electron chi connectivity index (χ3n) is 6.33. The van der Waals surface area contributed by atoms with Crippen LogP contribution >= 0.6 is 17.0 Å². The molecular weight excluding hydrogens is 555 g/mol. The zero-order valence-corrected chi connectivity index (χ0v) is 27.8. The van der Waals surface area contributed by atoms with Gasteiger partial charge in [0.05, 0.1) is 16.1 Å². The average molecular weight is 596 g/mol. The maximum absolute atomic E-state index is 4.93. The number of hydrogen-bond acceptors (Lipinski definition) is 0. The number of unbranched alkanes of at least 4 members (excludes halogenated alkanes) is 1. The first-order valence-corrected chi connectivity index (χ1v) is 25.6. The van der Waals surface area contributed by atoms with E-state index in [2.05, 4.69) is 95.6 Å². The number of rotatable bonds is 8. The summed E-state index contributed by atoms with van der Waals surface area (Å²) < 4.78 is 0. The van der Waals surface area contributed by atoms with E-state index < -0.39 is 37.0 Å². The Hall–Kier alpha value is -0.0531. The third-order valence-corrected chi connectivity index (χ3v) is 10.4. The van der Waals surface area contributed by atoms with Gasteiger partial charge >= 0.3 is 37.9 Å². The van der Waals surface area contributed by atoms with Crippen LogP contribution in [-0.4, -0.2) is 16.1 Å². The molecule has 0 bridgehead atoms. The van der Waals surface area contributed by atoms with Gasteiger partial charge in [-0.2, -0.15) is 6.07 Å². The van der Waals surface area contributed by atoms with E-state index in [1.54, 1.807) is 10.4 Å². The number of fused-ring (bicyclic) bond motifs is 1. The normalized spacial score (nSPS) is 11.9. The van der Waals surface area contributed by atoms with Gasteiger partial charge in [-0.15, -0.1) is 34.5 Å². The van der Waals surface area contributed by atoms with Crippen LogP contribution in [0.25, 0.3) is 21.9 Å². The Morgan fingerprint density at radius 2 is 1.36 bits per heavy atom. The first kappa shape index (κ1) is 29.2. The van der Waals surface area contributed by atoms with Crippen molar-refractivity contribution < 1.29 is 20.8 Å². The van der Waals surface area contributed by atoms with Crippen molar-refractivity contribution in [1.82, 2.24) is 0 Å². The van der Waals surface area contributed by atoms with Gasteiger partial charge in [-0.25, -0.2) is 0 Å². The van der Waals surface area contributed by atoms with Crippen LogP contribution in [0, 0.1) is 0 Å². The van der Waals surface area contributed by atoms with Crippen LogP contribution in [0.1, 0.15) is 44.2 Å². The molecule has 0 heterocycles. The van der Waals surface area contributed by atoms with Crippen LogP contribution in [0.15, 0.2) is 42.5 Å². The minimum atomic E-state index is -1.40. The van der Waals surface area contributed by atoms with Crippen molar-refractivity contribution in [3.05, 3.63) is 53.6 Å². The van der Waals surface area contributed by atoms with Crippen molar-refractivity contribution in [3.8, 4) is 11.1 Å². The van der Waals surface area contributed by atoms with Gasteiger partial charge in [0.25, 0.3) is 0 Å². The van der Waals surface area contributed by atoms with E-state index in [1.165, 1.54) is 58.7 Å². The molecule has 0 nitrogen and oxygen atoms in total. The number of hydrogen-bond donors (Lipinski definition) is 0. The van der Waals surface area contributed by atoms with Crippen molar-refractivity contribution in [2.45, 2.75) is 85.2 Å². The van der Waals surface area contributed by atoms with E-state index in [-0.39, 0.29) is 0 Å². The van der Waals surface area contributed by atoms with Gasteiger partial charge in [-0.05, 0) is 18.4 Å². The quantitative estimate of drug-likeness (QED) is 0.180. The van der Waals surface area contributed by atoms with E-state index >= 15 is 0 Å². The molecule has 3 aromatic rings. The summed E-state index contributed by atoms with van der Waals surface area (Å²) in [6.07, 6.45) is 6.07. The van der Waals surface area contributed by atoms with E-state index in [4.69, 9.17) is 17.0 Å². The van der Waals surface area contributed by atoms with Crippen molar-refractivity contribution in [2.24, 2.45) is 0 Å². The summed E-state index contributed by atoms with van der Waals surface area (Å²) >= 11 is -0.826. The Bertz CT molecular complexity index is 1010. The molecule has 0 saturated carbocycles. The Labute approximate surface area is 223 Å². The second kappa shape index (κ2) is 12.8. The molecule has 33 heavy (non-hydrogen) atoms. The molecule has 0 atom stereocenters. The van der Waals surface area contributed by atoms with Crippen LogP contribution in [0.5, 0.6) is 0 Å². The second-order valence-electron chi connectivity index (χ2n) is 11.2. The second-order valence-corrected chi connectivity index (χ2v) is 25.1. The summed E-state index contributed by atoms with van der Waals surface area (Å²) in [5, 5.41) is 6.11. The van der Waals surface area contributed by atoms with Crippen LogP contribution < -0.4 is 10.4 Å². The molecule has 0 amide bonds. The molecule has 0 fully saturated rings. The molecule has 0 spiro atoms. The predicted octanol–water partition coefficient (Wildman–Crippen LogP) is 8.99. The summed E-state index contributed by atoms with van der Waals surface area (Å²) in [5.41, 5.74) is 6.01. The first-order valence-electron chi connectivity index (χ1n) is 12.3. The van der Waals surface area contributed by atoms with E-state index in [1.807, 2.05) is 0 Å². The molecule has 0 aliphatic heterocycles. The molecule has 0 aromatic heterocycles. The molecule has 0 saturated heterocycles. The van der Waals surface area contributed by atoms with Crippen molar-refractivity contribution in [1.29, 1.82) is 0 Å². The zero-order chi connectivity index (χ0) is 24.8. The molecule has 0 aliphatic rings. The number of aryl methyl sites for hydroxylation is 2. The molecule has 0 unspecified atom stereocenters. The molecule has 5 heteroatoms. The number of halogens is 2. The minimum absolute atomic E-state index is 0.826. The zero-order valence-electron chi connectivity index (χ0n) is 21.8. The van der Waals surface area contributed by atoms with Crippen LogP contribution in [0.2, 0.25) is 39.3 Å². The topological polar surface area (TPSA) is 0 Å². The van der Waals surface area contributed by atoms with Crippen molar-refractivity contribution >= 4 is 54.3 Å². The summed E-state index contributed by atoms with van der Waals surface area (Å²) in [5.74, 6) is 0. The van der Waals surface area contributed by atoms with Gasteiger partial charge in [-0.3, -0.25) is 0 Å². The van der Waals surface area contributed by atoms with Crippen LogP contribution in [0.4, 0.5) is 0 Å². The van der Waals surface area contributed by atoms with Gasteiger partial charge < -0.3 is 0 Å². The van der Waals surface area contributed by atoms with Gasteiger partial charge in [0.1, 0.15) is 0 Å². The Morgan fingerprint density at radius 1 is 0.788 bits per heavy atom. The fourth-order valence-electron chi connectivity index (χ4n) is 4.37. The van der Waals surface area contributed by atoms with Gasteiger partial charge in [0, 0.05) is 0 Å². The third kappa shape index (κ3) is 7.97. The molecule has 3 rings (SSSR count). The Balaban J connectivity index is 0.00000122. The van der Waals surface area contributed by atoms with Gasteiger partial charge in [0.15, 0.2) is 0 Å². The monoisotopic (exact) mass is 593 g/mol. The van der Waals surface area contributed by atoms with Gasteiger partial charge in [0.2, 0.25) is 0 Å². The molecule has 0 aliphatic carbocycles.